The van der Waals surface area contributed by atoms with Crippen molar-refractivity contribution in [3.05, 3.63) is 20.8 Å². The molecule has 0 amide bonds. The standard InChI is InChI=1S/C9H9BrO2S/c10-7-3-8(13-4-7)5-1-6(2-5)9(11)12/h3-6H,1-2H2,(H,11,12). The predicted octanol–water partition coefficient (Wildman–Crippen LogP) is 3.09. The van der Waals surface area contributed by atoms with Gasteiger partial charge in [-0.3, -0.25) is 4.79 Å². The van der Waals surface area contributed by atoms with Crippen molar-refractivity contribution in [1.29, 1.82) is 0 Å². The van der Waals surface area contributed by atoms with Crippen LogP contribution in [0.3, 0.4) is 0 Å². The third kappa shape index (κ3) is 1.79. The zero-order valence-electron chi connectivity index (χ0n) is 6.87. The Morgan fingerprint density at radius 1 is 1.62 bits per heavy atom. The molecule has 0 unspecified atom stereocenters. The third-order valence-corrected chi connectivity index (χ3v) is 4.33. The summed E-state index contributed by atoms with van der Waals surface area (Å²) in [5.41, 5.74) is 0. The van der Waals surface area contributed by atoms with E-state index in [1.165, 1.54) is 4.88 Å². The Kier molecular flexibility index (Phi) is 2.43. The minimum absolute atomic E-state index is 0.106. The number of halogens is 1. The van der Waals surface area contributed by atoms with Crippen LogP contribution in [-0.4, -0.2) is 11.1 Å². The zero-order valence-corrected chi connectivity index (χ0v) is 9.27. The first-order chi connectivity index (χ1) is 6.16. The largest absolute Gasteiger partial charge is 0.481 e. The lowest BCUT2D eigenvalue weighted by atomic mass is 9.74. The second kappa shape index (κ2) is 3.42. The Bertz CT molecular complexity index is 328. The van der Waals surface area contributed by atoms with Crippen molar-refractivity contribution in [3.8, 4) is 0 Å². The van der Waals surface area contributed by atoms with E-state index < -0.39 is 5.97 Å². The van der Waals surface area contributed by atoms with Crippen LogP contribution in [-0.2, 0) is 4.79 Å². The summed E-state index contributed by atoms with van der Waals surface area (Å²) < 4.78 is 1.10. The summed E-state index contributed by atoms with van der Waals surface area (Å²) in [5, 5.41) is 10.7. The van der Waals surface area contributed by atoms with Crippen LogP contribution in [0.1, 0.15) is 23.6 Å². The van der Waals surface area contributed by atoms with Gasteiger partial charge in [0.15, 0.2) is 0 Å². The van der Waals surface area contributed by atoms with Gasteiger partial charge in [-0.25, -0.2) is 0 Å². The molecule has 1 aromatic heterocycles. The molecule has 0 radical (unpaired) electrons. The van der Waals surface area contributed by atoms with Crippen molar-refractivity contribution in [2.75, 3.05) is 0 Å². The third-order valence-electron chi connectivity index (χ3n) is 2.48. The summed E-state index contributed by atoms with van der Waals surface area (Å²) in [6, 6.07) is 2.09. The quantitative estimate of drug-likeness (QED) is 0.888. The Labute approximate surface area is 88.7 Å². The van der Waals surface area contributed by atoms with Gasteiger partial charge in [-0.05, 0) is 40.8 Å². The molecule has 1 heterocycles. The molecule has 0 bridgehead atoms. The molecule has 70 valence electrons. The van der Waals surface area contributed by atoms with E-state index in [4.69, 9.17) is 5.11 Å². The van der Waals surface area contributed by atoms with Crippen LogP contribution in [0.25, 0.3) is 0 Å². The second-order valence-corrected chi connectivity index (χ2v) is 5.23. The van der Waals surface area contributed by atoms with Crippen LogP contribution in [0.4, 0.5) is 0 Å². The summed E-state index contributed by atoms with van der Waals surface area (Å²) in [6.45, 7) is 0. The molecule has 1 aromatic rings. The molecule has 1 fully saturated rings. The Morgan fingerprint density at radius 2 is 2.31 bits per heavy atom. The van der Waals surface area contributed by atoms with Crippen molar-refractivity contribution in [2.24, 2.45) is 5.92 Å². The highest BCUT2D eigenvalue weighted by Crippen LogP contribution is 2.44. The lowest BCUT2D eigenvalue weighted by Crippen LogP contribution is -2.28. The molecule has 1 N–H and O–H groups in total. The Hall–Kier alpha value is -0.350. The molecule has 0 atom stereocenters. The van der Waals surface area contributed by atoms with Crippen LogP contribution in [0, 0.1) is 5.92 Å². The van der Waals surface area contributed by atoms with Crippen molar-refractivity contribution < 1.29 is 9.90 Å². The maximum Gasteiger partial charge on any atom is 0.306 e. The SMILES string of the molecule is O=C(O)C1CC(c2cc(Br)cs2)C1. The maximum atomic E-state index is 10.6. The van der Waals surface area contributed by atoms with Crippen LogP contribution in [0.2, 0.25) is 0 Å². The predicted molar refractivity (Wildman–Crippen MR) is 55.1 cm³/mol. The number of aliphatic carboxylic acids is 1. The summed E-state index contributed by atoms with van der Waals surface area (Å²) in [5.74, 6) is -0.268. The van der Waals surface area contributed by atoms with Gasteiger partial charge in [0, 0.05) is 14.7 Å². The molecule has 1 saturated carbocycles. The number of carboxylic acids is 1. The number of hydrogen-bond donors (Lipinski definition) is 1. The van der Waals surface area contributed by atoms with Gasteiger partial charge < -0.3 is 5.11 Å². The monoisotopic (exact) mass is 260 g/mol. The number of rotatable bonds is 2. The topological polar surface area (TPSA) is 37.3 Å². The van der Waals surface area contributed by atoms with E-state index in [0.29, 0.717) is 5.92 Å². The van der Waals surface area contributed by atoms with Gasteiger partial charge in [-0.15, -0.1) is 11.3 Å². The number of carboxylic acid groups (broad SMARTS) is 1. The molecule has 4 heteroatoms. The highest BCUT2D eigenvalue weighted by Gasteiger charge is 2.35. The lowest BCUT2D eigenvalue weighted by Gasteiger charge is -2.31. The minimum atomic E-state index is -0.646. The van der Waals surface area contributed by atoms with Crippen molar-refractivity contribution in [2.45, 2.75) is 18.8 Å². The number of carbonyl (C=O) groups is 1. The molecule has 13 heavy (non-hydrogen) atoms. The second-order valence-electron chi connectivity index (χ2n) is 3.37. The van der Waals surface area contributed by atoms with Gasteiger partial charge >= 0.3 is 5.97 Å². The number of thiophene rings is 1. The molecule has 0 aliphatic heterocycles. The smallest absolute Gasteiger partial charge is 0.306 e. The van der Waals surface area contributed by atoms with Crippen molar-refractivity contribution in [1.82, 2.24) is 0 Å². The molecule has 2 nitrogen and oxygen atoms in total. The lowest BCUT2D eigenvalue weighted by molar-refractivity contribution is -0.145. The highest BCUT2D eigenvalue weighted by molar-refractivity contribution is 9.10. The van der Waals surface area contributed by atoms with Gasteiger partial charge in [0.2, 0.25) is 0 Å². The fourth-order valence-corrected chi connectivity index (χ4v) is 3.17. The molecule has 0 spiro atoms. The van der Waals surface area contributed by atoms with E-state index in [0.717, 1.165) is 17.3 Å². The number of hydrogen-bond acceptors (Lipinski definition) is 2. The average molecular weight is 261 g/mol. The van der Waals surface area contributed by atoms with Gasteiger partial charge in [-0.2, -0.15) is 0 Å². The van der Waals surface area contributed by atoms with Gasteiger partial charge in [0.1, 0.15) is 0 Å². The van der Waals surface area contributed by atoms with Crippen LogP contribution < -0.4 is 0 Å². The van der Waals surface area contributed by atoms with Crippen LogP contribution >= 0.6 is 27.3 Å². The first-order valence-corrected chi connectivity index (χ1v) is 5.81. The molecular formula is C9H9BrO2S. The fourth-order valence-electron chi connectivity index (χ4n) is 1.59. The zero-order chi connectivity index (χ0) is 9.42. The molecule has 2 rings (SSSR count). The summed E-state index contributed by atoms with van der Waals surface area (Å²) >= 11 is 5.10. The molecule has 1 aliphatic rings. The fraction of sp³-hybridized carbons (Fsp3) is 0.444. The molecule has 1 aliphatic carbocycles. The van der Waals surface area contributed by atoms with Crippen molar-refractivity contribution >= 4 is 33.2 Å². The summed E-state index contributed by atoms with van der Waals surface area (Å²) in [6.07, 6.45) is 1.62. The maximum absolute atomic E-state index is 10.6. The Balaban J connectivity index is 1.97. The van der Waals surface area contributed by atoms with E-state index in [2.05, 4.69) is 22.0 Å². The van der Waals surface area contributed by atoms with Crippen molar-refractivity contribution in [3.63, 3.8) is 0 Å². The van der Waals surface area contributed by atoms with E-state index in [9.17, 15) is 4.79 Å². The molecule has 0 aromatic carbocycles. The highest BCUT2D eigenvalue weighted by atomic mass is 79.9. The van der Waals surface area contributed by atoms with E-state index in [-0.39, 0.29) is 5.92 Å². The van der Waals surface area contributed by atoms with Gasteiger partial charge in [0.05, 0.1) is 5.92 Å². The minimum Gasteiger partial charge on any atom is -0.481 e. The van der Waals surface area contributed by atoms with E-state index in [1.54, 1.807) is 11.3 Å². The van der Waals surface area contributed by atoms with Crippen LogP contribution in [0.5, 0.6) is 0 Å². The molecular weight excluding hydrogens is 252 g/mol. The van der Waals surface area contributed by atoms with E-state index in [1.807, 2.05) is 5.38 Å². The normalized spacial score (nSPS) is 26.8. The van der Waals surface area contributed by atoms with E-state index >= 15 is 0 Å². The first-order valence-electron chi connectivity index (χ1n) is 4.13. The summed E-state index contributed by atoms with van der Waals surface area (Å²) in [4.78, 5) is 11.9. The molecule has 0 saturated heterocycles. The van der Waals surface area contributed by atoms with Gasteiger partial charge in [0.25, 0.3) is 0 Å². The Morgan fingerprint density at radius 3 is 2.77 bits per heavy atom. The average Bonchev–Trinajstić information content (AvgIpc) is 2.31. The van der Waals surface area contributed by atoms with Gasteiger partial charge in [-0.1, -0.05) is 0 Å². The van der Waals surface area contributed by atoms with Crippen LogP contribution in [0.15, 0.2) is 15.9 Å². The summed E-state index contributed by atoms with van der Waals surface area (Å²) in [7, 11) is 0. The first kappa shape index (κ1) is 9.21.